The Balaban J connectivity index is 1.80. The van der Waals surface area contributed by atoms with Gasteiger partial charge in [0.25, 0.3) is 0 Å². The molecular formula is C16H19BrN2OS. The van der Waals surface area contributed by atoms with Crippen molar-refractivity contribution in [2.75, 3.05) is 13.6 Å². The van der Waals surface area contributed by atoms with Crippen LogP contribution in [0, 0.1) is 0 Å². The number of carbonyl (C=O) groups is 1. The van der Waals surface area contributed by atoms with E-state index in [2.05, 4.69) is 33.4 Å². The summed E-state index contributed by atoms with van der Waals surface area (Å²) in [7, 11) is 1.96. The predicted octanol–water partition coefficient (Wildman–Crippen LogP) is 3.82. The van der Waals surface area contributed by atoms with Crippen LogP contribution in [0.3, 0.4) is 0 Å². The van der Waals surface area contributed by atoms with Gasteiger partial charge in [-0.2, -0.15) is 0 Å². The largest absolute Gasteiger partial charge is 0.348 e. The number of hydrogen-bond acceptors (Lipinski definition) is 3. The molecule has 21 heavy (non-hydrogen) atoms. The molecule has 1 aromatic carbocycles. The fraction of sp³-hybridized carbons (Fsp3) is 0.312. The summed E-state index contributed by atoms with van der Waals surface area (Å²) in [6.45, 7) is 3.16. The number of halogens is 1. The van der Waals surface area contributed by atoms with Crippen molar-refractivity contribution in [2.45, 2.75) is 19.5 Å². The van der Waals surface area contributed by atoms with Crippen molar-refractivity contribution in [1.82, 2.24) is 10.2 Å². The van der Waals surface area contributed by atoms with Gasteiger partial charge in [-0.1, -0.05) is 34.1 Å². The number of likely N-dealkylation sites (N-methyl/N-ethyl adjacent to an activating group) is 1. The number of amides is 1. The summed E-state index contributed by atoms with van der Waals surface area (Å²) in [5, 5.41) is 5.06. The summed E-state index contributed by atoms with van der Waals surface area (Å²) in [5.41, 5.74) is 1.19. The monoisotopic (exact) mass is 366 g/mol. The molecule has 0 radical (unpaired) electrons. The summed E-state index contributed by atoms with van der Waals surface area (Å²) < 4.78 is 1.07. The average Bonchev–Trinajstić information content (AvgIpc) is 2.95. The number of carbonyl (C=O) groups excluding carboxylic acids is 1. The van der Waals surface area contributed by atoms with Crippen LogP contribution < -0.4 is 5.32 Å². The van der Waals surface area contributed by atoms with Crippen molar-refractivity contribution < 1.29 is 4.79 Å². The molecule has 0 fully saturated rings. The molecule has 0 aliphatic carbocycles. The highest BCUT2D eigenvalue weighted by Crippen LogP contribution is 2.18. The molecular weight excluding hydrogens is 348 g/mol. The molecule has 112 valence electrons. The van der Waals surface area contributed by atoms with E-state index in [0.717, 1.165) is 11.0 Å². The molecule has 1 N–H and O–H groups in total. The smallest absolute Gasteiger partial charge is 0.234 e. The van der Waals surface area contributed by atoms with Crippen molar-refractivity contribution in [2.24, 2.45) is 0 Å². The molecule has 0 aliphatic rings. The van der Waals surface area contributed by atoms with Gasteiger partial charge in [-0.25, -0.2) is 0 Å². The van der Waals surface area contributed by atoms with Crippen LogP contribution in [-0.2, 0) is 11.3 Å². The zero-order valence-corrected chi connectivity index (χ0v) is 14.6. The molecule has 0 unspecified atom stereocenters. The van der Waals surface area contributed by atoms with Crippen LogP contribution in [0.25, 0.3) is 0 Å². The van der Waals surface area contributed by atoms with Crippen LogP contribution in [0.5, 0.6) is 0 Å². The maximum absolute atomic E-state index is 12.0. The third-order valence-corrected chi connectivity index (χ3v) is 4.71. The molecule has 1 aromatic heterocycles. The van der Waals surface area contributed by atoms with Gasteiger partial charge < -0.3 is 5.32 Å². The standard InChI is InChI=1S/C16H19BrN2OS/c1-12(15-4-3-9-21-15)18-16(20)11-19(2)10-13-5-7-14(17)8-6-13/h3-9,12H,10-11H2,1-2H3,(H,18,20)/t12-/m1/s1. The molecule has 2 aromatic rings. The molecule has 2 rings (SSSR count). The van der Waals surface area contributed by atoms with Crippen LogP contribution in [0.4, 0.5) is 0 Å². The van der Waals surface area contributed by atoms with Gasteiger partial charge in [0, 0.05) is 15.9 Å². The van der Waals surface area contributed by atoms with E-state index >= 15 is 0 Å². The second kappa shape index (κ2) is 7.73. The van der Waals surface area contributed by atoms with Crippen molar-refractivity contribution >= 4 is 33.2 Å². The lowest BCUT2D eigenvalue weighted by molar-refractivity contribution is -0.122. The Bertz CT molecular complexity index is 568. The van der Waals surface area contributed by atoms with Crippen LogP contribution in [0.2, 0.25) is 0 Å². The van der Waals surface area contributed by atoms with Crippen LogP contribution >= 0.6 is 27.3 Å². The molecule has 0 saturated heterocycles. The minimum atomic E-state index is 0.0514. The Morgan fingerprint density at radius 3 is 2.67 bits per heavy atom. The van der Waals surface area contributed by atoms with E-state index in [9.17, 15) is 4.79 Å². The molecule has 1 amide bonds. The molecule has 0 spiro atoms. The molecule has 0 aliphatic heterocycles. The summed E-state index contributed by atoms with van der Waals surface area (Å²) in [6.07, 6.45) is 0. The van der Waals surface area contributed by atoms with E-state index in [-0.39, 0.29) is 11.9 Å². The normalized spacial score (nSPS) is 12.4. The number of nitrogens with one attached hydrogen (secondary N) is 1. The lowest BCUT2D eigenvalue weighted by Gasteiger charge is -2.18. The number of hydrogen-bond donors (Lipinski definition) is 1. The molecule has 3 nitrogen and oxygen atoms in total. The topological polar surface area (TPSA) is 32.3 Å². The highest BCUT2D eigenvalue weighted by molar-refractivity contribution is 9.10. The Morgan fingerprint density at radius 1 is 1.33 bits per heavy atom. The van der Waals surface area contributed by atoms with E-state index in [1.807, 2.05) is 48.5 Å². The lowest BCUT2D eigenvalue weighted by atomic mass is 10.2. The number of rotatable bonds is 6. The van der Waals surface area contributed by atoms with Crippen LogP contribution in [0.15, 0.2) is 46.3 Å². The third kappa shape index (κ3) is 5.26. The Labute approximate surface area is 138 Å². The second-order valence-electron chi connectivity index (χ2n) is 5.10. The quantitative estimate of drug-likeness (QED) is 0.842. The van der Waals surface area contributed by atoms with Crippen molar-refractivity contribution in [1.29, 1.82) is 0 Å². The van der Waals surface area contributed by atoms with Gasteiger partial charge in [-0.15, -0.1) is 11.3 Å². The molecule has 0 bridgehead atoms. The van der Waals surface area contributed by atoms with Gasteiger partial charge in [-0.05, 0) is 43.1 Å². The molecule has 0 saturated carbocycles. The predicted molar refractivity (Wildman–Crippen MR) is 91.4 cm³/mol. The first-order chi connectivity index (χ1) is 10.0. The molecule has 5 heteroatoms. The minimum absolute atomic E-state index is 0.0514. The van der Waals surface area contributed by atoms with Crippen molar-refractivity contribution in [3.8, 4) is 0 Å². The maximum Gasteiger partial charge on any atom is 0.234 e. The van der Waals surface area contributed by atoms with Gasteiger partial charge >= 0.3 is 0 Å². The fourth-order valence-corrected chi connectivity index (χ4v) is 3.10. The van der Waals surface area contributed by atoms with E-state index in [1.165, 1.54) is 10.4 Å². The SMILES string of the molecule is C[C@@H](NC(=O)CN(C)Cc1ccc(Br)cc1)c1cccs1. The lowest BCUT2D eigenvalue weighted by Crippen LogP contribution is -2.36. The Hall–Kier alpha value is -1.17. The van der Waals surface area contributed by atoms with Gasteiger partial charge in [0.1, 0.15) is 0 Å². The van der Waals surface area contributed by atoms with E-state index < -0.39 is 0 Å². The number of thiophene rings is 1. The Morgan fingerprint density at radius 2 is 2.05 bits per heavy atom. The summed E-state index contributed by atoms with van der Waals surface area (Å²) in [6, 6.07) is 12.3. The zero-order valence-electron chi connectivity index (χ0n) is 12.2. The van der Waals surface area contributed by atoms with E-state index in [1.54, 1.807) is 11.3 Å². The van der Waals surface area contributed by atoms with Crippen LogP contribution in [-0.4, -0.2) is 24.4 Å². The van der Waals surface area contributed by atoms with Gasteiger partial charge in [0.15, 0.2) is 0 Å². The Kier molecular flexibility index (Phi) is 5.96. The van der Waals surface area contributed by atoms with E-state index in [0.29, 0.717) is 6.54 Å². The summed E-state index contributed by atoms with van der Waals surface area (Å²) in [4.78, 5) is 15.2. The first-order valence-corrected chi connectivity index (χ1v) is 8.47. The van der Waals surface area contributed by atoms with Crippen molar-refractivity contribution in [3.05, 3.63) is 56.7 Å². The number of benzene rings is 1. The average molecular weight is 367 g/mol. The minimum Gasteiger partial charge on any atom is -0.348 e. The third-order valence-electron chi connectivity index (χ3n) is 3.13. The van der Waals surface area contributed by atoms with Gasteiger partial charge in [0.2, 0.25) is 5.91 Å². The highest BCUT2D eigenvalue weighted by atomic mass is 79.9. The second-order valence-corrected chi connectivity index (χ2v) is 7.00. The van der Waals surface area contributed by atoms with Crippen LogP contribution in [0.1, 0.15) is 23.4 Å². The fourth-order valence-electron chi connectivity index (χ4n) is 2.10. The molecule has 1 heterocycles. The zero-order chi connectivity index (χ0) is 15.2. The van der Waals surface area contributed by atoms with Gasteiger partial charge in [0.05, 0.1) is 12.6 Å². The van der Waals surface area contributed by atoms with Crippen molar-refractivity contribution in [3.63, 3.8) is 0 Å². The highest BCUT2D eigenvalue weighted by Gasteiger charge is 2.12. The molecule has 1 atom stereocenters. The first kappa shape index (κ1) is 16.2. The van der Waals surface area contributed by atoms with Gasteiger partial charge in [-0.3, -0.25) is 9.69 Å². The summed E-state index contributed by atoms with van der Waals surface area (Å²) >= 11 is 5.08. The first-order valence-electron chi connectivity index (χ1n) is 6.80. The summed E-state index contributed by atoms with van der Waals surface area (Å²) in [5.74, 6) is 0.0514. The van der Waals surface area contributed by atoms with E-state index in [4.69, 9.17) is 0 Å². The number of nitrogens with zero attached hydrogens (tertiary/aromatic N) is 1. The maximum atomic E-state index is 12.0.